The fourth-order valence-corrected chi connectivity index (χ4v) is 1.92. The second kappa shape index (κ2) is 5.64. The number of esters is 1. The lowest BCUT2D eigenvalue weighted by atomic mass is 10.1. The Morgan fingerprint density at radius 3 is 2.85 bits per heavy atom. The highest BCUT2D eigenvalue weighted by molar-refractivity contribution is 5.98. The molecule has 3 N–H and O–H groups in total. The maximum atomic E-state index is 11.6. The molecule has 1 aromatic heterocycles. The van der Waals surface area contributed by atoms with Gasteiger partial charge in [-0.1, -0.05) is 6.07 Å². The zero-order valence-corrected chi connectivity index (χ0v) is 11.8. The van der Waals surface area contributed by atoms with Gasteiger partial charge in [0, 0.05) is 24.8 Å². The topological polar surface area (TPSA) is 82.2 Å². The number of rotatable bonds is 4. The number of benzene rings is 1. The number of nitrogen functional groups attached to an aromatic ring is 1. The van der Waals surface area contributed by atoms with Gasteiger partial charge in [0.15, 0.2) is 0 Å². The lowest BCUT2D eigenvalue weighted by molar-refractivity contribution is 0.0602. The molecule has 2 rings (SSSR count). The number of carbonyl (C=O) groups excluding carboxylic acids is 1. The van der Waals surface area contributed by atoms with Crippen LogP contribution in [0.25, 0.3) is 0 Å². The number of methoxy groups -OCH3 is 1. The van der Waals surface area contributed by atoms with Crippen molar-refractivity contribution in [2.45, 2.75) is 13.5 Å². The van der Waals surface area contributed by atoms with E-state index >= 15 is 0 Å². The Kier molecular flexibility index (Phi) is 3.93. The molecule has 106 valence electrons. The Morgan fingerprint density at radius 1 is 1.50 bits per heavy atom. The lowest BCUT2D eigenvalue weighted by Crippen LogP contribution is -2.09. The minimum Gasteiger partial charge on any atom is -0.465 e. The smallest absolute Gasteiger partial charge is 0.340 e. The molecule has 0 aliphatic heterocycles. The molecule has 0 fully saturated rings. The summed E-state index contributed by atoms with van der Waals surface area (Å²) in [4.78, 5) is 11.6. The average molecular weight is 274 g/mol. The SMILES string of the molecule is COC(=O)c1cccc(NCc2cnn(C)c2C)c1N. The molecule has 6 heteroatoms. The predicted octanol–water partition coefficient (Wildman–Crippen LogP) is 1.71. The summed E-state index contributed by atoms with van der Waals surface area (Å²) in [7, 11) is 3.23. The Bertz CT molecular complexity index is 634. The summed E-state index contributed by atoms with van der Waals surface area (Å²) in [5, 5.41) is 7.40. The molecular formula is C14H18N4O2. The molecule has 0 saturated heterocycles. The van der Waals surface area contributed by atoms with Gasteiger partial charge in [-0.05, 0) is 19.1 Å². The van der Waals surface area contributed by atoms with Crippen LogP contribution in [0, 0.1) is 6.92 Å². The quantitative estimate of drug-likeness (QED) is 0.655. The van der Waals surface area contributed by atoms with Gasteiger partial charge in [-0.15, -0.1) is 0 Å². The minimum atomic E-state index is -0.441. The van der Waals surface area contributed by atoms with E-state index < -0.39 is 5.97 Å². The van der Waals surface area contributed by atoms with E-state index in [1.807, 2.05) is 30.9 Å². The number of aromatic nitrogens is 2. The lowest BCUT2D eigenvalue weighted by Gasteiger charge is -2.11. The average Bonchev–Trinajstić information content (AvgIpc) is 2.77. The van der Waals surface area contributed by atoms with E-state index in [0.717, 1.165) is 11.3 Å². The van der Waals surface area contributed by atoms with Gasteiger partial charge in [0.1, 0.15) is 0 Å². The molecule has 0 bridgehead atoms. The van der Waals surface area contributed by atoms with E-state index in [1.54, 1.807) is 12.1 Å². The van der Waals surface area contributed by atoms with Crippen LogP contribution in [0.5, 0.6) is 0 Å². The number of para-hydroxylation sites is 1. The number of nitrogens with two attached hydrogens (primary N) is 1. The number of ether oxygens (including phenoxy) is 1. The molecule has 0 aliphatic carbocycles. The van der Waals surface area contributed by atoms with Gasteiger partial charge >= 0.3 is 5.97 Å². The van der Waals surface area contributed by atoms with Gasteiger partial charge in [0.25, 0.3) is 0 Å². The molecular weight excluding hydrogens is 256 g/mol. The minimum absolute atomic E-state index is 0.361. The number of nitrogens with one attached hydrogen (secondary N) is 1. The number of hydrogen-bond acceptors (Lipinski definition) is 5. The van der Waals surface area contributed by atoms with E-state index in [-0.39, 0.29) is 0 Å². The molecule has 6 nitrogen and oxygen atoms in total. The van der Waals surface area contributed by atoms with Crippen LogP contribution in [0.4, 0.5) is 11.4 Å². The summed E-state index contributed by atoms with van der Waals surface area (Å²) in [6.07, 6.45) is 1.81. The maximum absolute atomic E-state index is 11.6. The first-order valence-corrected chi connectivity index (χ1v) is 6.22. The van der Waals surface area contributed by atoms with Crippen LogP contribution < -0.4 is 11.1 Å². The number of aryl methyl sites for hydroxylation is 1. The third-order valence-corrected chi connectivity index (χ3v) is 3.32. The van der Waals surface area contributed by atoms with Crippen LogP contribution in [0.2, 0.25) is 0 Å². The molecule has 20 heavy (non-hydrogen) atoms. The van der Waals surface area contributed by atoms with Crippen molar-refractivity contribution < 1.29 is 9.53 Å². The number of hydrogen-bond donors (Lipinski definition) is 2. The Morgan fingerprint density at radius 2 is 2.25 bits per heavy atom. The molecule has 0 atom stereocenters. The molecule has 0 spiro atoms. The number of carbonyl (C=O) groups is 1. The summed E-state index contributed by atoms with van der Waals surface area (Å²) in [5.74, 6) is -0.441. The molecule has 0 aliphatic rings. The molecule has 1 aromatic carbocycles. The Hall–Kier alpha value is -2.50. The van der Waals surface area contributed by atoms with Crippen LogP contribution in [-0.4, -0.2) is 22.9 Å². The van der Waals surface area contributed by atoms with Crippen LogP contribution in [-0.2, 0) is 18.3 Å². The molecule has 0 radical (unpaired) electrons. The summed E-state index contributed by atoms with van der Waals surface area (Å²) in [6.45, 7) is 2.59. The second-order valence-corrected chi connectivity index (χ2v) is 4.49. The first-order chi connectivity index (χ1) is 9.54. The zero-order valence-electron chi connectivity index (χ0n) is 11.8. The van der Waals surface area contributed by atoms with Gasteiger partial charge in [-0.3, -0.25) is 4.68 Å². The molecule has 2 aromatic rings. The highest BCUT2D eigenvalue weighted by atomic mass is 16.5. The molecule has 0 saturated carbocycles. The van der Waals surface area contributed by atoms with Crippen LogP contribution in [0.3, 0.4) is 0 Å². The maximum Gasteiger partial charge on any atom is 0.340 e. The summed E-state index contributed by atoms with van der Waals surface area (Å²) in [6, 6.07) is 5.23. The van der Waals surface area contributed by atoms with Crippen LogP contribution in [0.15, 0.2) is 24.4 Å². The van der Waals surface area contributed by atoms with Crippen molar-refractivity contribution in [3.05, 3.63) is 41.2 Å². The van der Waals surface area contributed by atoms with Crippen molar-refractivity contribution in [1.29, 1.82) is 0 Å². The number of nitrogens with zero attached hydrogens (tertiary/aromatic N) is 2. The first-order valence-electron chi connectivity index (χ1n) is 6.22. The van der Waals surface area contributed by atoms with Crippen molar-refractivity contribution in [2.75, 3.05) is 18.2 Å². The van der Waals surface area contributed by atoms with Crippen LogP contribution >= 0.6 is 0 Å². The van der Waals surface area contributed by atoms with E-state index in [0.29, 0.717) is 23.5 Å². The monoisotopic (exact) mass is 274 g/mol. The predicted molar refractivity (Wildman–Crippen MR) is 77.5 cm³/mol. The largest absolute Gasteiger partial charge is 0.465 e. The second-order valence-electron chi connectivity index (χ2n) is 4.49. The van der Waals surface area contributed by atoms with Gasteiger partial charge in [0.05, 0.1) is 30.2 Å². The standard InChI is InChI=1S/C14H18N4O2/c1-9-10(8-17-18(9)2)7-16-12-6-4-5-11(13(12)15)14(19)20-3/h4-6,8,16H,7,15H2,1-3H3. The molecule has 1 heterocycles. The van der Waals surface area contributed by atoms with Gasteiger partial charge < -0.3 is 15.8 Å². The van der Waals surface area contributed by atoms with E-state index in [1.165, 1.54) is 7.11 Å². The van der Waals surface area contributed by atoms with Crippen molar-refractivity contribution in [3.8, 4) is 0 Å². The molecule has 0 unspecified atom stereocenters. The van der Waals surface area contributed by atoms with E-state index in [4.69, 9.17) is 10.5 Å². The van der Waals surface area contributed by atoms with Crippen molar-refractivity contribution >= 4 is 17.3 Å². The van der Waals surface area contributed by atoms with E-state index in [9.17, 15) is 4.79 Å². The summed E-state index contributed by atoms with van der Waals surface area (Å²) >= 11 is 0. The van der Waals surface area contributed by atoms with Crippen molar-refractivity contribution in [1.82, 2.24) is 9.78 Å². The highest BCUT2D eigenvalue weighted by Crippen LogP contribution is 2.24. The molecule has 0 amide bonds. The van der Waals surface area contributed by atoms with Crippen LogP contribution in [0.1, 0.15) is 21.6 Å². The van der Waals surface area contributed by atoms with Crippen molar-refractivity contribution in [2.24, 2.45) is 7.05 Å². The van der Waals surface area contributed by atoms with Gasteiger partial charge in [-0.25, -0.2) is 4.79 Å². The van der Waals surface area contributed by atoms with Gasteiger partial charge in [-0.2, -0.15) is 5.10 Å². The number of anilines is 2. The first kappa shape index (κ1) is 13.9. The third kappa shape index (κ3) is 2.59. The zero-order chi connectivity index (χ0) is 14.7. The summed E-state index contributed by atoms with van der Waals surface area (Å²) in [5.41, 5.74) is 9.60. The fraction of sp³-hybridized carbons (Fsp3) is 0.286. The Balaban J connectivity index is 2.18. The summed E-state index contributed by atoms with van der Waals surface area (Å²) < 4.78 is 6.51. The Labute approximate surface area is 117 Å². The fourth-order valence-electron chi connectivity index (χ4n) is 1.92. The normalized spacial score (nSPS) is 10.3. The van der Waals surface area contributed by atoms with Crippen molar-refractivity contribution in [3.63, 3.8) is 0 Å². The van der Waals surface area contributed by atoms with E-state index in [2.05, 4.69) is 10.4 Å². The highest BCUT2D eigenvalue weighted by Gasteiger charge is 2.13. The third-order valence-electron chi connectivity index (χ3n) is 3.32. The van der Waals surface area contributed by atoms with Gasteiger partial charge in [0.2, 0.25) is 0 Å².